The zero-order chi connectivity index (χ0) is 15.0. The molecule has 0 aromatic heterocycles. The minimum absolute atomic E-state index is 0.240. The Hall–Kier alpha value is -1.55. The lowest BCUT2D eigenvalue weighted by atomic mass is 9.86. The SMILES string of the molecule is C=C(C)C1C(c2ccccc2OC)=C(I)c2ccccc21. The van der Waals surface area contributed by atoms with E-state index in [0.717, 1.165) is 16.9 Å². The summed E-state index contributed by atoms with van der Waals surface area (Å²) >= 11 is 2.45. The number of hydrogen-bond acceptors (Lipinski definition) is 1. The lowest BCUT2D eigenvalue weighted by Gasteiger charge is -2.19. The molecule has 1 aliphatic rings. The second-order valence-corrected chi connectivity index (χ2v) is 6.37. The van der Waals surface area contributed by atoms with Crippen LogP contribution in [0.4, 0.5) is 0 Å². The highest BCUT2D eigenvalue weighted by Gasteiger charge is 2.32. The van der Waals surface area contributed by atoms with Crippen molar-refractivity contribution in [1.82, 2.24) is 0 Å². The van der Waals surface area contributed by atoms with Gasteiger partial charge in [0.1, 0.15) is 5.75 Å². The molecule has 0 saturated heterocycles. The number of hydrogen-bond donors (Lipinski definition) is 0. The van der Waals surface area contributed by atoms with E-state index >= 15 is 0 Å². The standard InChI is InChI=1S/C19H17IO/c1-12(2)17-13-8-4-5-9-14(13)19(20)18(17)15-10-6-7-11-16(15)21-3/h4-11,17H,1H2,2-3H3. The second kappa shape index (κ2) is 5.68. The van der Waals surface area contributed by atoms with Crippen LogP contribution in [-0.2, 0) is 0 Å². The van der Waals surface area contributed by atoms with Crippen molar-refractivity contribution in [3.8, 4) is 5.75 Å². The molecule has 0 amide bonds. The van der Waals surface area contributed by atoms with Gasteiger partial charge in [-0.15, -0.1) is 0 Å². The van der Waals surface area contributed by atoms with E-state index in [2.05, 4.69) is 72.5 Å². The second-order valence-electron chi connectivity index (χ2n) is 5.29. The molecule has 0 bridgehead atoms. The van der Waals surface area contributed by atoms with Gasteiger partial charge < -0.3 is 4.74 Å². The Balaban J connectivity index is 2.26. The van der Waals surface area contributed by atoms with E-state index in [-0.39, 0.29) is 5.92 Å². The van der Waals surface area contributed by atoms with Crippen molar-refractivity contribution in [2.45, 2.75) is 12.8 Å². The molecule has 21 heavy (non-hydrogen) atoms. The first kappa shape index (κ1) is 14.4. The van der Waals surface area contributed by atoms with Crippen molar-refractivity contribution in [2.24, 2.45) is 0 Å². The van der Waals surface area contributed by atoms with Crippen molar-refractivity contribution in [2.75, 3.05) is 7.11 Å². The van der Waals surface area contributed by atoms with Gasteiger partial charge in [-0.25, -0.2) is 0 Å². The highest BCUT2D eigenvalue weighted by molar-refractivity contribution is 14.1. The van der Waals surface area contributed by atoms with Gasteiger partial charge in [-0.3, -0.25) is 0 Å². The fourth-order valence-electron chi connectivity index (χ4n) is 3.03. The number of rotatable bonds is 3. The lowest BCUT2D eigenvalue weighted by molar-refractivity contribution is 0.413. The third-order valence-electron chi connectivity index (χ3n) is 3.92. The van der Waals surface area contributed by atoms with Crippen molar-refractivity contribution in [3.63, 3.8) is 0 Å². The Labute approximate surface area is 139 Å². The summed E-state index contributed by atoms with van der Waals surface area (Å²) in [5.74, 6) is 1.16. The van der Waals surface area contributed by atoms with Gasteiger partial charge in [0.25, 0.3) is 0 Å². The first-order chi connectivity index (χ1) is 10.1. The number of benzene rings is 2. The van der Waals surface area contributed by atoms with Gasteiger partial charge in [0.2, 0.25) is 0 Å². The molecule has 2 aromatic carbocycles. The van der Waals surface area contributed by atoms with Crippen molar-refractivity contribution in [1.29, 1.82) is 0 Å². The molecule has 3 rings (SSSR count). The Morgan fingerprint density at radius 3 is 2.33 bits per heavy atom. The summed E-state index contributed by atoms with van der Waals surface area (Å²) in [6.45, 7) is 6.33. The van der Waals surface area contributed by atoms with Crippen LogP contribution in [0.2, 0.25) is 0 Å². The van der Waals surface area contributed by atoms with Crippen molar-refractivity contribution < 1.29 is 4.74 Å². The van der Waals surface area contributed by atoms with Crippen LogP contribution in [0.5, 0.6) is 5.75 Å². The predicted molar refractivity (Wildman–Crippen MR) is 97.8 cm³/mol. The summed E-state index contributed by atoms with van der Waals surface area (Å²) in [5.41, 5.74) is 6.28. The molecule has 1 unspecified atom stereocenters. The smallest absolute Gasteiger partial charge is 0.126 e. The first-order valence-electron chi connectivity index (χ1n) is 6.93. The average molecular weight is 388 g/mol. The average Bonchev–Trinajstić information content (AvgIpc) is 2.81. The molecule has 0 spiro atoms. The van der Waals surface area contributed by atoms with Gasteiger partial charge in [0.05, 0.1) is 7.11 Å². The fraction of sp³-hybridized carbons (Fsp3) is 0.158. The van der Waals surface area contributed by atoms with Gasteiger partial charge in [0, 0.05) is 15.1 Å². The topological polar surface area (TPSA) is 9.23 Å². The number of para-hydroxylation sites is 1. The molecule has 1 nitrogen and oxygen atoms in total. The molecule has 106 valence electrons. The number of halogens is 1. The Bertz CT molecular complexity index is 743. The largest absolute Gasteiger partial charge is 0.496 e. The first-order valence-corrected chi connectivity index (χ1v) is 8.00. The minimum Gasteiger partial charge on any atom is -0.496 e. The van der Waals surface area contributed by atoms with Crippen molar-refractivity contribution in [3.05, 3.63) is 77.4 Å². The van der Waals surface area contributed by atoms with Crippen LogP contribution in [0.15, 0.2) is 60.7 Å². The van der Waals surface area contributed by atoms with Crippen LogP contribution in [-0.4, -0.2) is 7.11 Å². The van der Waals surface area contributed by atoms with Crippen LogP contribution < -0.4 is 4.74 Å². The highest BCUT2D eigenvalue weighted by Crippen LogP contribution is 2.53. The molecular formula is C19H17IO. The predicted octanol–water partition coefficient (Wildman–Crippen LogP) is 5.67. The van der Waals surface area contributed by atoms with E-state index in [9.17, 15) is 0 Å². The molecule has 0 aliphatic heterocycles. The van der Waals surface area contributed by atoms with Crippen LogP contribution in [0, 0.1) is 0 Å². The third kappa shape index (κ3) is 2.31. The van der Waals surface area contributed by atoms with E-state index in [1.54, 1.807) is 7.11 Å². The summed E-state index contributed by atoms with van der Waals surface area (Å²) in [6, 6.07) is 16.8. The molecule has 2 heteroatoms. The molecule has 0 heterocycles. The Kier molecular flexibility index (Phi) is 3.89. The molecule has 0 fully saturated rings. The maximum atomic E-state index is 5.57. The monoisotopic (exact) mass is 388 g/mol. The van der Waals surface area contributed by atoms with Crippen LogP contribution in [0.3, 0.4) is 0 Å². The molecule has 2 aromatic rings. The normalized spacial score (nSPS) is 16.8. The van der Waals surface area contributed by atoms with Crippen molar-refractivity contribution >= 4 is 31.7 Å². The quantitative estimate of drug-likeness (QED) is 0.486. The van der Waals surface area contributed by atoms with E-state index in [0.29, 0.717) is 0 Å². The Morgan fingerprint density at radius 2 is 1.67 bits per heavy atom. The maximum Gasteiger partial charge on any atom is 0.126 e. The number of methoxy groups -OCH3 is 1. The summed E-state index contributed by atoms with van der Waals surface area (Å²) < 4.78 is 6.86. The summed E-state index contributed by atoms with van der Waals surface area (Å²) in [4.78, 5) is 0. The minimum atomic E-state index is 0.240. The molecule has 0 N–H and O–H groups in total. The van der Waals surface area contributed by atoms with Gasteiger partial charge in [-0.1, -0.05) is 54.6 Å². The summed E-state index contributed by atoms with van der Waals surface area (Å²) in [6.07, 6.45) is 0. The number of allylic oxidation sites excluding steroid dienone is 2. The summed E-state index contributed by atoms with van der Waals surface area (Å²) in [5, 5.41) is 0. The molecular weight excluding hydrogens is 371 g/mol. The third-order valence-corrected chi connectivity index (χ3v) is 5.09. The zero-order valence-electron chi connectivity index (χ0n) is 12.2. The van der Waals surface area contributed by atoms with Gasteiger partial charge >= 0.3 is 0 Å². The molecule has 1 aliphatic carbocycles. The zero-order valence-corrected chi connectivity index (χ0v) is 14.3. The summed E-state index contributed by atoms with van der Waals surface area (Å²) in [7, 11) is 1.73. The van der Waals surface area contributed by atoms with Gasteiger partial charge in [0.15, 0.2) is 0 Å². The number of ether oxygens (including phenoxy) is 1. The number of fused-ring (bicyclic) bond motifs is 1. The van der Waals surface area contributed by atoms with Gasteiger partial charge in [-0.05, 0) is 52.3 Å². The van der Waals surface area contributed by atoms with Crippen LogP contribution in [0.1, 0.15) is 29.5 Å². The molecule has 0 radical (unpaired) electrons. The van der Waals surface area contributed by atoms with Crippen LogP contribution in [0.25, 0.3) is 9.15 Å². The Morgan fingerprint density at radius 1 is 1.05 bits per heavy atom. The highest BCUT2D eigenvalue weighted by atomic mass is 127. The lowest BCUT2D eigenvalue weighted by Crippen LogP contribution is -2.01. The van der Waals surface area contributed by atoms with E-state index in [1.807, 2.05) is 12.1 Å². The van der Waals surface area contributed by atoms with Crippen LogP contribution >= 0.6 is 22.6 Å². The molecule has 0 saturated carbocycles. The van der Waals surface area contributed by atoms with Gasteiger partial charge in [-0.2, -0.15) is 0 Å². The van der Waals surface area contributed by atoms with E-state index in [4.69, 9.17) is 4.74 Å². The van der Waals surface area contributed by atoms with E-state index < -0.39 is 0 Å². The van der Waals surface area contributed by atoms with E-state index in [1.165, 1.54) is 20.3 Å². The fourth-order valence-corrected chi connectivity index (χ4v) is 4.12. The molecule has 1 atom stereocenters. The maximum absolute atomic E-state index is 5.57.